The second-order valence-corrected chi connectivity index (χ2v) is 8.34. The molecule has 1 aromatic carbocycles. The predicted molar refractivity (Wildman–Crippen MR) is 101 cm³/mol. The van der Waals surface area contributed by atoms with E-state index in [2.05, 4.69) is 10.6 Å². The molecule has 1 aliphatic heterocycles. The lowest BCUT2D eigenvalue weighted by Crippen LogP contribution is -2.46. The maximum absolute atomic E-state index is 12.6. The number of nitrogens with zero attached hydrogens (tertiary/aromatic N) is 1. The summed E-state index contributed by atoms with van der Waals surface area (Å²) in [6.07, 6.45) is 1.62. The Balaban J connectivity index is 1.96. The van der Waals surface area contributed by atoms with Gasteiger partial charge in [-0.2, -0.15) is 4.31 Å². The molecule has 2 amide bonds. The molecule has 0 spiro atoms. The molecule has 2 rings (SSSR count). The second-order valence-electron chi connectivity index (χ2n) is 6.40. The van der Waals surface area contributed by atoms with Crippen molar-refractivity contribution >= 4 is 27.8 Å². The summed E-state index contributed by atoms with van der Waals surface area (Å²) in [5.41, 5.74) is 0.0323. The van der Waals surface area contributed by atoms with E-state index in [9.17, 15) is 22.8 Å². The van der Waals surface area contributed by atoms with Gasteiger partial charge in [-0.3, -0.25) is 9.59 Å². The zero-order chi connectivity index (χ0) is 20.7. The number of sulfonamides is 1. The molecule has 1 aromatic rings. The van der Waals surface area contributed by atoms with Crippen LogP contribution in [0.25, 0.3) is 0 Å². The van der Waals surface area contributed by atoms with Gasteiger partial charge in [-0.1, -0.05) is 6.07 Å². The summed E-state index contributed by atoms with van der Waals surface area (Å²) in [7, 11) is -3.66. The SMILES string of the molecule is CCNC(=O)[C@H](C)NC(=O)COC(=O)c1cccc(S(=O)(=O)N2CCCC2)c1. The minimum atomic E-state index is -3.66. The van der Waals surface area contributed by atoms with Crippen LogP contribution in [0, 0.1) is 0 Å². The van der Waals surface area contributed by atoms with Crippen LogP contribution in [0.2, 0.25) is 0 Å². The Bertz CT molecular complexity index is 833. The molecule has 0 aromatic heterocycles. The van der Waals surface area contributed by atoms with Crippen LogP contribution in [-0.4, -0.2) is 62.8 Å². The Kier molecular flexibility index (Phi) is 7.53. The fraction of sp³-hybridized carbons (Fsp3) is 0.500. The number of hydrogen-bond acceptors (Lipinski definition) is 6. The summed E-state index contributed by atoms with van der Waals surface area (Å²) >= 11 is 0. The van der Waals surface area contributed by atoms with Crippen molar-refractivity contribution in [1.82, 2.24) is 14.9 Å². The van der Waals surface area contributed by atoms with Crippen LogP contribution in [0.15, 0.2) is 29.2 Å². The number of nitrogens with one attached hydrogen (secondary N) is 2. The number of amides is 2. The van der Waals surface area contributed by atoms with E-state index in [1.807, 2.05) is 0 Å². The molecule has 1 fully saturated rings. The van der Waals surface area contributed by atoms with Gasteiger partial charge in [-0.25, -0.2) is 13.2 Å². The number of ether oxygens (including phenoxy) is 1. The normalized spacial score (nSPS) is 15.6. The van der Waals surface area contributed by atoms with Crippen molar-refractivity contribution in [3.63, 3.8) is 0 Å². The summed E-state index contributed by atoms with van der Waals surface area (Å²) in [5.74, 6) is -1.80. The van der Waals surface area contributed by atoms with Gasteiger partial charge >= 0.3 is 5.97 Å². The molecule has 1 aliphatic rings. The largest absolute Gasteiger partial charge is 0.452 e. The van der Waals surface area contributed by atoms with E-state index in [0.717, 1.165) is 12.8 Å². The quantitative estimate of drug-likeness (QED) is 0.592. The molecule has 28 heavy (non-hydrogen) atoms. The first-order chi connectivity index (χ1) is 13.3. The molecule has 0 aliphatic carbocycles. The van der Waals surface area contributed by atoms with Crippen molar-refractivity contribution in [2.75, 3.05) is 26.2 Å². The highest BCUT2D eigenvalue weighted by Crippen LogP contribution is 2.21. The third-order valence-corrected chi connectivity index (χ3v) is 6.12. The second kappa shape index (κ2) is 9.65. The molecule has 154 valence electrons. The zero-order valence-corrected chi connectivity index (χ0v) is 16.8. The summed E-state index contributed by atoms with van der Waals surface area (Å²) in [4.78, 5) is 35.6. The van der Waals surface area contributed by atoms with Crippen molar-refractivity contribution < 1.29 is 27.5 Å². The summed E-state index contributed by atoms with van der Waals surface area (Å²) < 4.78 is 31.5. The van der Waals surface area contributed by atoms with Crippen LogP contribution in [0.5, 0.6) is 0 Å². The van der Waals surface area contributed by atoms with E-state index in [1.54, 1.807) is 6.92 Å². The zero-order valence-electron chi connectivity index (χ0n) is 15.9. The van der Waals surface area contributed by atoms with Crippen LogP contribution < -0.4 is 10.6 Å². The number of carbonyl (C=O) groups is 3. The summed E-state index contributed by atoms with van der Waals surface area (Å²) in [5, 5.41) is 4.98. The maximum atomic E-state index is 12.6. The Labute approximate surface area is 164 Å². The molecule has 0 radical (unpaired) electrons. The molecule has 0 saturated carbocycles. The lowest BCUT2D eigenvalue weighted by Gasteiger charge is -2.16. The van der Waals surface area contributed by atoms with Gasteiger partial charge < -0.3 is 15.4 Å². The third kappa shape index (κ3) is 5.52. The Morgan fingerprint density at radius 1 is 1.21 bits per heavy atom. The van der Waals surface area contributed by atoms with Gasteiger partial charge in [0.05, 0.1) is 10.5 Å². The van der Waals surface area contributed by atoms with Crippen molar-refractivity contribution in [3.05, 3.63) is 29.8 Å². The molecular formula is C18H25N3O6S. The topological polar surface area (TPSA) is 122 Å². The Morgan fingerprint density at radius 2 is 1.89 bits per heavy atom. The van der Waals surface area contributed by atoms with E-state index in [4.69, 9.17) is 4.74 Å². The van der Waals surface area contributed by atoms with Gasteiger partial charge in [-0.15, -0.1) is 0 Å². The number of esters is 1. The molecule has 1 heterocycles. The Morgan fingerprint density at radius 3 is 2.54 bits per heavy atom. The lowest BCUT2D eigenvalue weighted by molar-refractivity contribution is -0.130. The molecular weight excluding hydrogens is 386 g/mol. The van der Waals surface area contributed by atoms with E-state index < -0.39 is 34.5 Å². The fourth-order valence-corrected chi connectivity index (χ4v) is 4.32. The number of hydrogen-bond donors (Lipinski definition) is 2. The molecule has 9 nitrogen and oxygen atoms in total. The first-order valence-corrected chi connectivity index (χ1v) is 10.5. The van der Waals surface area contributed by atoms with Crippen molar-refractivity contribution in [2.45, 2.75) is 37.6 Å². The van der Waals surface area contributed by atoms with E-state index in [-0.39, 0.29) is 16.4 Å². The third-order valence-electron chi connectivity index (χ3n) is 4.23. The van der Waals surface area contributed by atoms with E-state index in [1.165, 1.54) is 35.5 Å². The first kappa shape index (κ1) is 21.8. The van der Waals surface area contributed by atoms with Gasteiger partial charge in [0.25, 0.3) is 5.91 Å². The number of carbonyl (C=O) groups excluding carboxylic acids is 3. The molecule has 0 unspecified atom stereocenters. The van der Waals surface area contributed by atoms with E-state index in [0.29, 0.717) is 19.6 Å². The maximum Gasteiger partial charge on any atom is 0.338 e. The van der Waals surface area contributed by atoms with Crippen molar-refractivity contribution in [2.24, 2.45) is 0 Å². The lowest BCUT2D eigenvalue weighted by atomic mass is 10.2. The van der Waals surface area contributed by atoms with Gasteiger partial charge in [0.2, 0.25) is 15.9 Å². The van der Waals surface area contributed by atoms with Crippen LogP contribution >= 0.6 is 0 Å². The van der Waals surface area contributed by atoms with Crippen molar-refractivity contribution in [3.8, 4) is 0 Å². The monoisotopic (exact) mass is 411 g/mol. The van der Waals surface area contributed by atoms with Gasteiger partial charge in [0.15, 0.2) is 6.61 Å². The fourth-order valence-electron chi connectivity index (χ4n) is 2.75. The highest BCUT2D eigenvalue weighted by Gasteiger charge is 2.27. The molecule has 1 saturated heterocycles. The van der Waals surface area contributed by atoms with Crippen LogP contribution in [0.1, 0.15) is 37.0 Å². The molecule has 2 N–H and O–H groups in total. The minimum absolute atomic E-state index is 0.0122. The average Bonchev–Trinajstić information content (AvgIpc) is 3.22. The highest BCUT2D eigenvalue weighted by atomic mass is 32.2. The van der Waals surface area contributed by atoms with Crippen LogP contribution in [0.4, 0.5) is 0 Å². The summed E-state index contributed by atoms with van der Waals surface area (Å²) in [6, 6.07) is 4.77. The van der Waals surface area contributed by atoms with Gasteiger partial charge in [-0.05, 0) is 44.9 Å². The van der Waals surface area contributed by atoms with Crippen LogP contribution in [0.3, 0.4) is 0 Å². The molecule has 0 bridgehead atoms. The van der Waals surface area contributed by atoms with Gasteiger partial charge in [0.1, 0.15) is 6.04 Å². The average molecular weight is 411 g/mol. The Hall–Kier alpha value is -2.46. The molecule has 1 atom stereocenters. The smallest absolute Gasteiger partial charge is 0.338 e. The number of rotatable bonds is 8. The van der Waals surface area contributed by atoms with Gasteiger partial charge in [0, 0.05) is 19.6 Å². The predicted octanol–water partition coefficient (Wildman–Crippen LogP) is 0.269. The first-order valence-electron chi connectivity index (χ1n) is 9.10. The number of likely N-dealkylation sites (N-methyl/N-ethyl adjacent to an activating group) is 1. The standard InChI is InChI=1S/C18H25N3O6S/c1-3-19-17(23)13(2)20-16(22)12-27-18(24)14-7-6-8-15(11-14)28(25,26)21-9-4-5-10-21/h6-8,11,13H,3-5,9-10,12H2,1-2H3,(H,19,23)(H,20,22)/t13-/m0/s1. The van der Waals surface area contributed by atoms with Crippen LogP contribution in [-0.2, 0) is 24.3 Å². The number of benzene rings is 1. The summed E-state index contributed by atoms with van der Waals surface area (Å²) in [6.45, 7) is 4.04. The minimum Gasteiger partial charge on any atom is -0.452 e. The van der Waals surface area contributed by atoms with Crippen molar-refractivity contribution in [1.29, 1.82) is 0 Å². The van der Waals surface area contributed by atoms with E-state index >= 15 is 0 Å². The molecule has 10 heteroatoms. The highest BCUT2D eigenvalue weighted by molar-refractivity contribution is 7.89.